The molecule has 4 heterocycles. The molecule has 1 saturated heterocycles. The second-order valence-electron chi connectivity index (χ2n) is 7.71. The molecule has 0 unspecified atom stereocenters. The third kappa shape index (κ3) is 2.59. The first-order valence-electron chi connectivity index (χ1n) is 9.84. The number of benzene rings is 1. The number of fused-ring (bicyclic) bond motifs is 2. The molecule has 1 aromatic carbocycles. The summed E-state index contributed by atoms with van der Waals surface area (Å²) < 4.78 is 7.67. The van der Waals surface area contributed by atoms with Gasteiger partial charge in [-0.25, -0.2) is 4.98 Å². The summed E-state index contributed by atoms with van der Waals surface area (Å²) in [6, 6.07) is 13.9. The second-order valence-corrected chi connectivity index (χ2v) is 7.71. The first kappa shape index (κ1) is 17.3. The van der Waals surface area contributed by atoms with Crippen LogP contribution in [-0.4, -0.2) is 51.9 Å². The molecule has 6 heteroatoms. The van der Waals surface area contributed by atoms with Crippen molar-refractivity contribution in [1.29, 1.82) is 0 Å². The maximum atomic E-state index is 12.6. The zero-order valence-corrected chi connectivity index (χ0v) is 16.0. The molecule has 2 aromatic heterocycles. The number of likely N-dealkylation sites (tertiary alicyclic amines) is 1. The molecule has 3 aromatic rings. The molecular formula is C22H24N4O2. The van der Waals surface area contributed by atoms with Gasteiger partial charge in [0.25, 0.3) is 5.91 Å². The van der Waals surface area contributed by atoms with Gasteiger partial charge in [-0.15, -0.1) is 0 Å². The Morgan fingerprint density at radius 3 is 2.54 bits per heavy atom. The van der Waals surface area contributed by atoms with Crippen LogP contribution in [0.2, 0.25) is 0 Å². The van der Waals surface area contributed by atoms with Crippen molar-refractivity contribution in [3.8, 4) is 11.3 Å². The van der Waals surface area contributed by atoms with Gasteiger partial charge in [0.1, 0.15) is 5.82 Å². The van der Waals surface area contributed by atoms with Crippen molar-refractivity contribution in [2.75, 3.05) is 26.7 Å². The van der Waals surface area contributed by atoms with Crippen LogP contribution >= 0.6 is 0 Å². The van der Waals surface area contributed by atoms with Crippen LogP contribution in [-0.2, 0) is 12.1 Å². The maximum Gasteiger partial charge on any atom is 0.289 e. The van der Waals surface area contributed by atoms with Gasteiger partial charge in [0.15, 0.2) is 5.76 Å². The summed E-state index contributed by atoms with van der Waals surface area (Å²) in [5, 5.41) is 0. The van der Waals surface area contributed by atoms with E-state index >= 15 is 0 Å². The number of likely N-dealkylation sites (N-methyl/N-ethyl adjacent to an activating group) is 1. The van der Waals surface area contributed by atoms with Crippen molar-refractivity contribution >= 4 is 5.91 Å². The lowest BCUT2D eigenvalue weighted by Gasteiger charge is -2.49. The Balaban J connectivity index is 1.44. The number of carbonyl (C=O) groups excluding carboxylic acids is 1. The SMILES string of the molecule is CN1CCn2c(-c3ccccc3)cnc2C12CCN(C(=O)c1ccco1)CC2. The van der Waals surface area contributed by atoms with Gasteiger partial charge < -0.3 is 13.9 Å². The summed E-state index contributed by atoms with van der Waals surface area (Å²) in [6.45, 7) is 3.33. The molecule has 0 atom stereocenters. The van der Waals surface area contributed by atoms with Gasteiger partial charge in [-0.05, 0) is 37.6 Å². The molecule has 28 heavy (non-hydrogen) atoms. The molecule has 2 aliphatic heterocycles. The van der Waals surface area contributed by atoms with Crippen LogP contribution in [0.15, 0.2) is 59.3 Å². The Kier molecular flexibility index (Phi) is 4.09. The zero-order chi connectivity index (χ0) is 19.1. The highest BCUT2D eigenvalue weighted by Crippen LogP contribution is 2.41. The lowest BCUT2D eigenvalue weighted by atomic mass is 9.83. The largest absolute Gasteiger partial charge is 0.459 e. The Hall–Kier alpha value is -2.86. The van der Waals surface area contributed by atoms with Crippen LogP contribution in [0, 0.1) is 0 Å². The summed E-state index contributed by atoms with van der Waals surface area (Å²) in [4.78, 5) is 21.9. The minimum atomic E-state index is -0.120. The van der Waals surface area contributed by atoms with Crippen molar-refractivity contribution in [1.82, 2.24) is 19.4 Å². The van der Waals surface area contributed by atoms with Crippen LogP contribution in [0.5, 0.6) is 0 Å². The third-order valence-corrected chi connectivity index (χ3v) is 6.34. The number of imidazole rings is 1. The van der Waals surface area contributed by atoms with E-state index in [2.05, 4.69) is 40.8 Å². The van der Waals surface area contributed by atoms with E-state index in [1.165, 1.54) is 11.3 Å². The van der Waals surface area contributed by atoms with E-state index in [4.69, 9.17) is 9.40 Å². The molecule has 2 aliphatic rings. The van der Waals surface area contributed by atoms with Crippen molar-refractivity contribution < 1.29 is 9.21 Å². The summed E-state index contributed by atoms with van der Waals surface area (Å²) in [5.74, 6) is 1.53. The van der Waals surface area contributed by atoms with E-state index in [1.807, 2.05) is 17.2 Å². The minimum absolute atomic E-state index is 0.0216. The van der Waals surface area contributed by atoms with Gasteiger partial charge >= 0.3 is 0 Å². The molecule has 144 valence electrons. The summed E-state index contributed by atoms with van der Waals surface area (Å²) in [7, 11) is 2.18. The van der Waals surface area contributed by atoms with Crippen molar-refractivity contribution in [3.63, 3.8) is 0 Å². The van der Waals surface area contributed by atoms with E-state index in [-0.39, 0.29) is 11.4 Å². The van der Waals surface area contributed by atoms with E-state index in [9.17, 15) is 4.79 Å². The van der Waals surface area contributed by atoms with E-state index < -0.39 is 0 Å². The van der Waals surface area contributed by atoms with Crippen LogP contribution < -0.4 is 0 Å². The van der Waals surface area contributed by atoms with Crippen LogP contribution in [0.1, 0.15) is 29.2 Å². The molecule has 1 amide bonds. The van der Waals surface area contributed by atoms with E-state index in [0.29, 0.717) is 18.8 Å². The Morgan fingerprint density at radius 2 is 1.82 bits per heavy atom. The highest BCUT2D eigenvalue weighted by atomic mass is 16.3. The van der Waals surface area contributed by atoms with Gasteiger partial charge in [0.05, 0.1) is 23.7 Å². The summed E-state index contributed by atoms with van der Waals surface area (Å²) >= 11 is 0. The van der Waals surface area contributed by atoms with Crippen LogP contribution in [0.3, 0.4) is 0 Å². The number of piperidine rings is 1. The monoisotopic (exact) mass is 376 g/mol. The first-order chi connectivity index (χ1) is 13.7. The van der Waals surface area contributed by atoms with Gasteiger partial charge in [-0.1, -0.05) is 30.3 Å². The minimum Gasteiger partial charge on any atom is -0.459 e. The number of hydrogen-bond donors (Lipinski definition) is 0. The number of nitrogens with zero attached hydrogens (tertiary/aromatic N) is 4. The fourth-order valence-corrected chi connectivity index (χ4v) is 4.69. The Labute approximate surface area is 164 Å². The number of carbonyl (C=O) groups is 1. The predicted molar refractivity (Wildman–Crippen MR) is 106 cm³/mol. The average Bonchev–Trinajstić information content (AvgIpc) is 3.42. The standard InChI is InChI=1S/C22H24N4O2/c1-24-13-14-26-18(17-6-3-2-4-7-17)16-23-21(26)22(24)9-11-25(12-10-22)20(27)19-8-5-15-28-19/h2-8,15-16H,9-14H2,1H3. The smallest absolute Gasteiger partial charge is 0.289 e. The van der Waals surface area contributed by atoms with Crippen molar-refractivity contribution in [3.05, 3.63) is 66.5 Å². The van der Waals surface area contributed by atoms with Crippen LogP contribution in [0.25, 0.3) is 11.3 Å². The molecule has 0 saturated carbocycles. The van der Waals surface area contributed by atoms with Crippen LogP contribution in [0.4, 0.5) is 0 Å². The highest BCUT2D eigenvalue weighted by molar-refractivity contribution is 5.91. The van der Waals surface area contributed by atoms with Crippen molar-refractivity contribution in [2.45, 2.75) is 24.9 Å². The molecule has 1 fully saturated rings. The molecule has 0 N–H and O–H groups in total. The Morgan fingerprint density at radius 1 is 1.04 bits per heavy atom. The number of rotatable bonds is 2. The first-order valence-corrected chi connectivity index (χ1v) is 9.84. The summed E-state index contributed by atoms with van der Waals surface area (Å²) in [6.07, 6.45) is 5.31. The Bertz CT molecular complexity index is 969. The second kappa shape index (κ2) is 6.63. The fourth-order valence-electron chi connectivity index (χ4n) is 4.69. The normalized spacial score (nSPS) is 19.0. The fraction of sp³-hybridized carbons (Fsp3) is 0.364. The topological polar surface area (TPSA) is 54.5 Å². The maximum absolute atomic E-state index is 12.6. The zero-order valence-electron chi connectivity index (χ0n) is 16.0. The lowest BCUT2D eigenvalue weighted by molar-refractivity contribution is 0.00908. The third-order valence-electron chi connectivity index (χ3n) is 6.34. The van der Waals surface area contributed by atoms with E-state index in [0.717, 1.165) is 31.8 Å². The molecule has 0 bridgehead atoms. The molecular weight excluding hydrogens is 352 g/mol. The molecule has 5 rings (SSSR count). The van der Waals surface area contributed by atoms with Gasteiger partial charge in [0.2, 0.25) is 0 Å². The quantitative estimate of drug-likeness (QED) is 0.689. The van der Waals surface area contributed by atoms with E-state index in [1.54, 1.807) is 18.4 Å². The van der Waals surface area contributed by atoms with Gasteiger partial charge in [-0.3, -0.25) is 9.69 Å². The number of amides is 1. The highest BCUT2D eigenvalue weighted by Gasteiger charge is 2.46. The summed E-state index contributed by atoms with van der Waals surface area (Å²) in [5.41, 5.74) is 2.26. The van der Waals surface area contributed by atoms with Crippen molar-refractivity contribution in [2.24, 2.45) is 0 Å². The molecule has 0 radical (unpaired) electrons. The molecule has 1 spiro atoms. The number of aromatic nitrogens is 2. The molecule has 0 aliphatic carbocycles. The number of furan rings is 1. The molecule has 6 nitrogen and oxygen atoms in total. The van der Waals surface area contributed by atoms with Gasteiger partial charge in [0, 0.05) is 26.2 Å². The lowest BCUT2D eigenvalue weighted by Crippen LogP contribution is -2.57. The number of hydrogen-bond acceptors (Lipinski definition) is 4. The average molecular weight is 376 g/mol. The van der Waals surface area contributed by atoms with Gasteiger partial charge in [-0.2, -0.15) is 0 Å². The predicted octanol–water partition coefficient (Wildman–Crippen LogP) is 3.22.